The smallest absolute Gasteiger partial charge is 0.0929 e. The van der Waals surface area contributed by atoms with Crippen LogP contribution in [0.5, 0.6) is 0 Å². The molecule has 3 N–H and O–H groups in total. The Kier molecular flexibility index (Phi) is 5.99. The summed E-state index contributed by atoms with van der Waals surface area (Å²) in [5.74, 6) is 0.0289. The van der Waals surface area contributed by atoms with Crippen LogP contribution in [-0.4, -0.2) is 47.0 Å². The van der Waals surface area contributed by atoms with E-state index in [1.807, 2.05) is 36.4 Å². The molecule has 1 heterocycles. The maximum Gasteiger partial charge on any atom is 0.0929 e. The minimum Gasteiger partial charge on any atom is -0.390 e. The zero-order valence-corrected chi connectivity index (χ0v) is 13.9. The Balaban J connectivity index is 1.53. The predicted octanol–water partition coefficient (Wildman–Crippen LogP) is 1.63. The highest BCUT2D eigenvalue weighted by molar-refractivity contribution is 5.15. The Bertz CT molecular complexity index is 606. The van der Waals surface area contributed by atoms with Crippen molar-refractivity contribution < 1.29 is 10.2 Å². The average Bonchev–Trinajstić information content (AvgIpc) is 2.61. The summed E-state index contributed by atoms with van der Waals surface area (Å²) in [7, 11) is 0. The second-order valence-electron chi connectivity index (χ2n) is 6.61. The molecule has 1 fully saturated rings. The zero-order chi connectivity index (χ0) is 16.8. The number of aliphatic hydroxyl groups excluding tert-OH is 2. The van der Waals surface area contributed by atoms with E-state index in [-0.39, 0.29) is 5.92 Å². The van der Waals surface area contributed by atoms with E-state index in [9.17, 15) is 10.2 Å². The van der Waals surface area contributed by atoms with Crippen molar-refractivity contribution in [2.45, 2.75) is 25.3 Å². The second kappa shape index (κ2) is 8.40. The number of benzene rings is 2. The van der Waals surface area contributed by atoms with Crippen molar-refractivity contribution in [2.75, 3.05) is 19.6 Å². The van der Waals surface area contributed by atoms with Gasteiger partial charge in [-0.3, -0.25) is 4.90 Å². The molecule has 1 aliphatic rings. The van der Waals surface area contributed by atoms with Crippen LogP contribution in [0.25, 0.3) is 0 Å². The van der Waals surface area contributed by atoms with Crippen molar-refractivity contribution in [1.29, 1.82) is 0 Å². The molecule has 0 amide bonds. The number of aliphatic hydroxyl groups is 2. The van der Waals surface area contributed by atoms with Gasteiger partial charge in [-0.2, -0.15) is 0 Å². The summed E-state index contributed by atoms with van der Waals surface area (Å²) >= 11 is 0. The summed E-state index contributed by atoms with van der Waals surface area (Å²) in [6, 6.07) is 20.5. The number of nitrogens with one attached hydrogen (secondary N) is 1. The molecule has 2 aromatic carbocycles. The molecule has 0 spiro atoms. The standard InChI is InChI=1S/C20H26N2O2/c23-19-15-22(13-17-9-5-2-6-10-17)14-18(20(19)24)12-21-11-16-7-3-1-4-8-16/h1-10,18-21,23-24H,11-15H2/t18-,19-,20-/m0/s1. The molecule has 4 heteroatoms. The molecule has 0 unspecified atom stereocenters. The van der Waals surface area contributed by atoms with Crippen LogP contribution in [0, 0.1) is 5.92 Å². The first-order chi connectivity index (χ1) is 11.7. The highest BCUT2D eigenvalue weighted by atomic mass is 16.3. The molecule has 0 saturated carbocycles. The predicted molar refractivity (Wildman–Crippen MR) is 95.4 cm³/mol. The number of piperidine rings is 1. The summed E-state index contributed by atoms with van der Waals surface area (Å²) < 4.78 is 0. The fourth-order valence-electron chi connectivity index (χ4n) is 3.35. The molecule has 128 valence electrons. The minimum atomic E-state index is -0.689. The Hall–Kier alpha value is -1.72. The lowest BCUT2D eigenvalue weighted by Crippen LogP contribution is -2.54. The molecule has 0 radical (unpaired) electrons. The normalized spacial score (nSPS) is 24.8. The van der Waals surface area contributed by atoms with Crippen LogP contribution in [0.15, 0.2) is 60.7 Å². The lowest BCUT2D eigenvalue weighted by molar-refractivity contribution is -0.0752. The van der Waals surface area contributed by atoms with Gasteiger partial charge < -0.3 is 15.5 Å². The van der Waals surface area contributed by atoms with Gasteiger partial charge in [-0.05, 0) is 11.1 Å². The Morgan fingerprint density at radius 3 is 2.17 bits per heavy atom. The molecule has 4 nitrogen and oxygen atoms in total. The van der Waals surface area contributed by atoms with Gasteiger partial charge in [0.1, 0.15) is 0 Å². The molecule has 0 aromatic heterocycles. The first-order valence-corrected chi connectivity index (χ1v) is 8.59. The lowest BCUT2D eigenvalue weighted by atomic mass is 9.92. The van der Waals surface area contributed by atoms with Gasteiger partial charge >= 0.3 is 0 Å². The van der Waals surface area contributed by atoms with E-state index in [0.717, 1.165) is 19.6 Å². The Morgan fingerprint density at radius 1 is 0.875 bits per heavy atom. The van der Waals surface area contributed by atoms with Crippen LogP contribution in [0.1, 0.15) is 11.1 Å². The number of β-amino-alcohol motifs (C(OH)–C–C–N with tert-alkyl or cyclic N) is 1. The van der Waals surface area contributed by atoms with Crippen molar-refractivity contribution in [3.8, 4) is 0 Å². The topological polar surface area (TPSA) is 55.7 Å². The van der Waals surface area contributed by atoms with Gasteiger partial charge in [0.2, 0.25) is 0 Å². The second-order valence-corrected chi connectivity index (χ2v) is 6.61. The first-order valence-electron chi connectivity index (χ1n) is 8.59. The lowest BCUT2D eigenvalue weighted by Gasteiger charge is -2.39. The summed E-state index contributed by atoms with van der Waals surface area (Å²) in [6.07, 6.45) is -1.36. The van der Waals surface area contributed by atoms with Crippen LogP contribution < -0.4 is 5.32 Å². The van der Waals surface area contributed by atoms with Crippen molar-refractivity contribution >= 4 is 0 Å². The number of hydrogen-bond acceptors (Lipinski definition) is 4. The third kappa shape index (κ3) is 4.65. The number of nitrogens with zero attached hydrogens (tertiary/aromatic N) is 1. The van der Waals surface area contributed by atoms with Crippen LogP contribution in [-0.2, 0) is 13.1 Å². The first kappa shape index (κ1) is 17.1. The minimum absolute atomic E-state index is 0.0289. The van der Waals surface area contributed by atoms with Gasteiger partial charge in [-0.25, -0.2) is 0 Å². The van der Waals surface area contributed by atoms with Crippen molar-refractivity contribution in [1.82, 2.24) is 10.2 Å². The molecule has 3 atom stereocenters. The monoisotopic (exact) mass is 326 g/mol. The Morgan fingerprint density at radius 2 is 1.50 bits per heavy atom. The zero-order valence-electron chi connectivity index (χ0n) is 13.9. The van der Waals surface area contributed by atoms with Gasteiger partial charge in [0.15, 0.2) is 0 Å². The van der Waals surface area contributed by atoms with Gasteiger partial charge in [-0.15, -0.1) is 0 Å². The molecule has 2 aromatic rings. The van der Waals surface area contributed by atoms with Crippen molar-refractivity contribution in [3.63, 3.8) is 0 Å². The summed E-state index contributed by atoms with van der Waals surface area (Å²) in [5, 5.41) is 23.9. The van der Waals surface area contributed by atoms with E-state index in [2.05, 4.69) is 34.5 Å². The fraction of sp³-hybridized carbons (Fsp3) is 0.400. The van der Waals surface area contributed by atoms with Gasteiger partial charge in [0.25, 0.3) is 0 Å². The van der Waals surface area contributed by atoms with Gasteiger partial charge in [0, 0.05) is 38.6 Å². The number of hydrogen-bond donors (Lipinski definition) is 3. The number of rotatable bonds is 6. The molecule has 0 aliphatic carbocycles. The van der Waals surface area contributed by atoms with Gasteiger partial charge in [0.05, 0.1) is 12.2 Å². The van der Waals surface area contributed by atoms with Crippen molar-refractivity contribution in [2.24, 2.45) is 5.92 Å². The van der Waals surface area contributed by atoms with E-state index < -0.39 is 12.2 Å². The number of likely N-dealkylation sites (tertiary alicyclic amines) is 1. The molecule has 0 bridgehead atoms. The molecule has 1 aliphatic heterocycles. The van der Waals surface area contributed by atoms with Crippen LogP contribution >= 0.6 is 0 Å². The molecular formula is C20H26N2O2. The third-order valence-electron chi connectivity index (χ3n) is 4.64. The maximum atomic E-state index is 10.3. The SMILES string of the molecule is O[C@H]1[C@@H](CNCc2ccccc2)CN(Cc2ccccc2)C[C@@H]1O. The maximum absolute atomic E-state index is 10.3. The molecular weight excluding hydrogens is 300 g/mol. The largest absolute Gasteiger partial charge is 0.390 e. The van der Waals surface area contributed by atoms with Crippen LogP contribution in [0.3, 0.4) is 0 Å². The molecule has 24 heavy (non-hydrogen) atoms. The average molecular weight is 326 g/mol. The van der Waals surface area contributed by atoms with E-state index in [4.69, 9.17) is 0 Å². The summed E-state index contributed by atoms with van der Waals surface area (Å²) in [5.41, 5.74) is 2.46. The fourth-order valence-corrected chi connectivity index (χ4v) is 3.35. The van der Waals surface area contributed by atoms with Gasteiger partial charge in [-0.1, -0.05) is 60.7 Å². The van der Waals surface area contributed by atoms with Crippen LogP contribution in [0.4, 0.5) is 0 Å². The quantitative estimate of drug-likeness (QED) is 0.755. The summed E-state index contributed by atoms with van der Waals surface area (Å²) in [6.45, 7) is 3.58. The van der Waals surface area contributed by atoms with Crippen LogP contribution in [0.2, 0.25) is 0 Å². The highest BCUT2D eigenvalue weighted by Crippen LogP contribution is 2.19. The van der Waals surface area contributed by atoms with E-state index in [0.29, 0.717) is 13.1 Å². The highest BCUT2D eigenvalue weighted by Gasteiger charge is 2.34. The summed E-state index contributed by atoms with van der Waals surface area (Å²) in [4.78, 5) is 2.22. The van der Waals surface area contributed by atoms with E-state index >= 15 is 0 Å². The van der Waals surface area contributed by atoms with E-state index in [1.54, 1.807) is 0 Å². The Labute approximate surface area is 143 Å². The van der Waals surface area contributed by atoms with E-state index in [1.165, 1.54) is 11.1 Å². The molecule has 3 rings (SSSR count). The molecule has 1 saturated heterocycles. The van der Waals surface area contributed by atoms with Crippen molar-refractivity contribution in [3.05, 3.63) is 71.8 Å². The third-order valence-corrected chi connectivity index (χ3v) is 4.64.